The molecule has 3 rings (SSSR count). The highest BCUT2D eigenvalue weighted by atomic mass is 16.6. The van der Waals surface area contributed by atoms with Gasteiger partial charge in [0.15, 0.2) is 0 Å². The summed E-state index contributed by atoms with van der Waals surface area (Å²) in [6.45, 7) is 1.24. The minimum atomic E-state index is -0.443. The molecule has 0 aliphatic carbocycles. The Balaban J connectivity index is 1.74. The number of nitro groups is 1. The lowest BCUT2D eigenvalue weighted by Gasteiger charge is -2.27. The van der Waals surface area contributed by atoms with E-state index in [2.05, 4.69) is 6.07 Å². The lowest BCUT2D eigenvalue weighted by molar-refractivity contribution is -0.385. The summed E-state index contributed by atoms with van der Waals surface area (Å²) >= 11 is 0. The normalized spacial score (nSPS) is 13.8. The van der Waals surface area contributed by atoms with E-state index in [0.29, 0.717) is 18.7 Å². The molecular formula is C18H16N2O3. The number of fused-ring (bicyclic) bond motifs is 1. The van der Waals surface area contributed by atoms with E-state index in [1.165, 1.54) is 23.8 Å². The number of para-hydroxylation sites is 1. The van der Waals surface area contributed by atoms with Crippen LogP contribution in [0.1, 0.15) is 16.7 Å². The van der Waals surface area contributed by atoms with Crippen molar-refractivity contribution in [1.29, 1.82) is 0 Å². The zero-order valence-corrected chi connectivity index (χ0v) is 12.5. The van der Waals surface area contributed by atoms with Crippen LogP contribution in [0.2, 0.25) is 0 Å². The number of nitro benzene ring substituents is 1. The number of hydrogen-bond donors (Lipinski definition) is 0. The van der Waals surface area contributed by atoms with Crippen LogP contribution in [0.4, 0.5) is 5.69 Å². The van der Waals surface area contributed by atoms with Crippen molar-refractivity contribution >= 4 is 17.7 Å². The number of carbonyl (C=O) groups is 1. The topological polar surface area (TPSA) is 63.4 Å². The van der Waals surface area contributed by atoms with E-state index < -0.39 is 4.92 Å². The molecule has 2 aromatic carbocycles. The first-order valence-electron chi connectivity index (χ1n) is 7.42. The van der Waals surface area contributed by atoms with Crippen molar-refractivity contribution in [2.45, 2.75) is 13.0 Å². The van der Waals surface area contributed by atoms with Crippen molar-refractivity contribution in [3.8, 4) is 0 Å². The molecule has 0 unspecified atom stereocenters. The molecule has 0 N–H and O–H groups in total. The molecule has 0 saturated carbocycles. The Labute approximate surface area is 134 Å². The van der Waals surface area contributed by atoms with Crippen LogP contribution < -0.4 is 0 Å². The molecule has 23 heavy (non-hydrogen) atoms. The number of rotatable bonds is 3. The maximum Gasteiger partial charge on any atom is 0.276 e. The zero-order valence-electron chi connectivity index (χ0n) is 12.5. The second-order valence-electron chi connectivity index (χ2n) is 5.43. The third-order valence-corrected chi connectivity index (χ3v) is 3.98. The largest absolute Gasteiger partial charge is 0.334 e. The lowest BCUT2D eigenvalue weighted by Crippen LogP contribution is -2.34. The van der Waals surface area contributed by atoms with Crippen molar-refractivity contribution < 1.29 is 9.72 Å². The molecule has 1 aliphatic heterocycles. The van der Waals surface area contributed by atoms with Crippen molar-refractivity contribution in [1.82, 2.24) is 4.90 Å². The molecule has 5 heteroatoms. The van der Waals surface area contributed by atoms with Gasteiger partial charge in [0.1, 0.15) is 0 Å². The van der Waals surface area contributed by atoms with Gasteiger partial charge in [-0.25, -0.2) is 0 Å². The highest BCUT2D eigenvalue weighted by Gasteiger charge is 2.19. The first kappa shape index (κ1) is 15.0. The van der Waals surface area contributed by atoms with E-state index in [1.807, 2.05) is 18.2 Å². The number of hydrogen-bond acceptors (Lipinski definition) is 3. The summed E-state index contributed by atoms with van der Waals surface area (Å²) in [4.78, 5) is 24.6. The Morgan fingerprint density at radius 2 is 1.78 bits per heavy atom. The highest BCUT2D eigenvalue weighted by molar-refractivity contribution is 5.92. The van der Waals surface area contributed by atoms with E-state index in [-0.39, 0.29) is 11.6 Å². The van der Waals surface area contributed by atoms with Crippen LogP contribution in [0.5, 0.6) is 0 Å². The average molecular weight is 308 g/mol. The number of benzene rings is 2. The van der Waals surface area contributed by atoms with Crippen LogP contribution in [-0.4, -0.2) is 22.3 Å². The fraction of sp³-hybridized carbons (Fsp3) is 0.167. The first-order chi connectivity index (χ1) is 11.1. The summed E-state index contributed by atoms with van der Waals surface area (Å²) in [5, 5.41) is 11.0. The highest BCUT2D eigenvalue weighted by Crippen LogP contribution is 2.21. The molecule has 0 saturated heterocycles. The molecule has 5 nitrogen and oxygen atoms in total. The van der Waals surface area contributed by atoms with Gasteiger partial charge < -0.3 is 4.90 Å². The molecule has 1 amide bonds. The molecule has 0 bridgehead atoms. The Hall–Kier alpha value is -2.95. The Bertz CT molecular complexity index is 783. The Kier molecular flexibility index (Phi) is 4.19. The van der Waals surface area contributed by atoms with Crippen molar-refractivity contribution in [2.75, 3.05) is 6.54 Å². The van der Waals surface area contributed by atoms with Gasteiger partial charge in [0.25, 0.3) is 5.69 Å². The third-order valence-electron chi connectivity index (χ3n) is 3.98. The molecule has 116 valence electrons. The second-order valence-corrected chi connectivity index (χ2v) is 5.43. The first-order valence-corrected chi connectivity index (χ1v) is 7.42. The lowest BCUT2D eigenvalue weighted by atomic mass is 10.00. The van der Waals surface area contributed by atoms with E-state index >= 15 is 0 Å². The average Bonchev–Trinajstić information content (AvgIpc) is 2.59. The monoisotopic (exact) mass is 308 g/mol. The molecule has 0 aromatic heterocycles. The summed E-state index contributed by atoms with van der Waals surface area (Å²) in [5.74, 6) is -0.127. The van der Waals surface area contributed by atoms with Gasteiger partial charge in [-0.2, -0.15) is 0 Å². The summed E-state index contributed by atoms with van der Waals surface area (Å²) in [5.41, 5.74) is 2.87. The summed E-state index contributed by atoms with van der Waals surface area (Å²) in [6.07, 6.45) is 3.76. The van der Waals surface area contributed by atoms with Gasteiger partial charge in [-0.1, -0.05) is 36.4 Å². The van der Waals surface area contributed by atoms with E-state index in [9.17, 15) is 14.9 Å². The van der Waals surface area contributed by atoms with Gasteiger partial charge in [0, 0.05) is 25.2 Å². The quantitative estimate of drug-likeness (QED) is 0.497. The van der Waals surface area contributed by atoms with Gasteiger partial charge in [-0.05, 0) is 29.7 Å². The van der Waals surface area contributed by atoms with Crippen LogP contribution in [0, 0.1) is 10.1 Å². The SMILES string of the molecule is O=C(C=Cc1ccccc1[N+](=O)[O-])N1CCc2ccccc2C1. The molecular weight excluding hydrogens is 292 g/mol. The van der Waals surface area contributed by atoms with Gasteiger partial charge in [0.05, 0.1) is 10.5 Å². The zero-order chi connectivity index (χ0) is 16.2. The van der Waals surface area contributed by atoms with Gasteiger partial charge in [-0.3, -0.25) is 14.9 Å². The van der Waals surface area contributed by atoms with Crippen LogP contribution in [-0.2, 0) is 17.8 Å². The van der Waals surface area contributed by atoms with Crippen LogP contribution >= 0.6 is 0 Å². The molecule has 2 aromatic rings. The second kappa shape index (κ2) is 6.44. The summed E-state index contributed by atoms with van der Waals surface area (Å²) in [6, 6.07) is 14.5. The van der Waals surface area contributed by atoms with Crippen molar-refractivity contribution in [3.05, 3.63) is 81.4 Å². The van der Waals surface area contributed by atoms with E-state index in [0.717, 1.165) is 12.0 Å². The van der Waals surface area contributed by atoms with Gasteiger partial charge >= 0.3 is 0 Å². The smallest absolute Gasteiger partial charge is 0.276 e. The third kappa shape index (κ3) is 3.29. The summed E-state index contributed by atoms with van der Waals surface area (Å²) in [7, 11) is 0. The standard InChI is InChI=1S/C18H16N2O3/c21-18(10-9-15-6-3-4-8-17(15)20(22)23)19-12-11-14-5-1-2-7-16(14)13-19/h1-10H,11-13H2. The van der Waals surface area contributed by atoms with Crippen molar-refractivity contribution in [2.24, 2.45) is 0 Å². The molecule has 0 fully saturated rings. The van der Waals surface area contributed by atoms with Crippen LogP contribution in [0.15, 0.2) is 54.6 Å². The minimum Gasteiger partial charge on any atom is -0.334 e. The molecule has 0 spiro atoms. The maximum atomic E-state index is 12.3. The Morgan fingerprint density at radius 3 is 2.57 bits per heavy atom. The summed E-state index contributed by atoms with van der Waals surface area (Å²) < 4.78 is 0. The number of carbonyl (C=O) groups excluding carboxylic acids is 1. The minimum absolute atomic E-state index is 0.000500. The van der Waals surface area contributed by atoms with Gasteiger partial charge in [0.2, 0.25) is 5.91 Å². The number of amides is 1. The molecule has 0 atom stereocenters. The predicted octanol–water partition coefficient (Wildman–Crippen LogP) is 3.19. The molecule has 0 radical (unpaired) electrons. The van der Waals surface area contributed by atoms with Crippen molar-refractivity contribution in [3.63, 3.8) is 0 Å². The maximum absolute atomic E-state index is 12.3. The predicted molar refractivity (Wildman–Crippen MR) is 87.7 cm³/mol. The molecule has 1 aliphatic rings. The van der Waals surface area contributed by atoms with E-state index in [1.54, 1.807) is 23.1 Å². The number of nitrogens with zero attached hydrogens (tertiary/aromatic N) is 2. The van der Waals surface area contributed by atoms with Crippen LogP contribution in [0.25, 0.3) is 6.08 Å². The van der Waals surface area contributed by atoms with Gasteiger partial charge in [-0.15, -0.1) is 0 Å². The van der Waals surface area contributed by atoms with E-state index in [4.69, 9.17) is 0 Å². The Morgan fingerprint density at radius 1 is 1.09 bits per heavy atom. The fourth-order valence-electron chi connectivity index (χ4n) is 2.75. The fourth-order valence-corrected chi connectivity index (χ4v) is 2.75. The van der Waals surface area contributed by atoms with Crippen LogP contribution in [0.3, 0.4) is 0 Å². The molecule has 1 heterocycles.